The molecule has 34 heavy (non-hydrogen) atoms. The normalized spacial score (nSPS) is 10.9. The Bertz CT molecular complexity index is 1510. The van der Waals surface area contributed by atoms with Crippen molar-refractivity contribution in [1.29, 1.82) is 0 Å². The molecular weight excluding hydrogens is 454 g/mol. The van der Waals surface area contributed by atoms with Crippen molar-refractivity contribution >= 4 is 39.1 Å². The van der Waals surface area contributed by atoms with Crippen molar-refractivity contribution in [1.82, 2.24) is 9.13 Å². The molecule has 0 aliphatic heterocycles. The number of esters is 1. The number of aryl methyl sites for hydroxylation is 2. The fourth-order valence-electron chi connectivity index (χ4n) is 3.66. The van der Waals surface area contributed by atoms with Crippen LogP contribution in [0.1, 0.15) is 28.4 Å². The highest BCUT2D eigenvalue weighted by atomic mass is 32.1. The molecule has 4 rings (SSSR count). The van der Waals surface area contributed by atoms with Crippen LogP contribution in [0.4, 0.5) is 5.69 Å². The zero-order valence-corrected chi connectivity index (χ0v) is 19.8. The molecule has 0 atom stereocenters. The summed E-state index contributed by atoms with van der Waals surface area (Å²) in [7, 11) is 0. The molecule has 0 bridgehead atoms. The third-order valence-electron chi connectivity index (χ3n) is 5.34. The van der Waals surface area contributed by atoms with E-state index in [0.29, 0.717) is 27.2 Å². The van der Waals surface area contributed by atoms with E-state index in [4.69, 9.17) is 4.74 Å². The number of benzene rings is 2. The van der Waals surface area contributed by atoms with Crippen LogP contribution in [0.2, 0.25) is 0 Å². The molecule has 2 heterocycles. The number of aromatic nitrogens is 2. The summed E-state index contributed by atoms with van der Waals surface area (Å²) in [5.41, 5.74) is 2.44. The molecule has 0 saturated carbocycles. The van der Waals surface area contributed by atoms with Crippen LogP contribution in [-0.4, -0.2) is 27.6 Å². The Morgan fingerprint density at radius 3 is 2.47 bits per heavy atom. The molecule has 2 aromatic carbocycles. The Kier molecular flexibility index (Phi) is 6.47. The van der Waals surface area contributed by atoms with Crippen LogP contribution < -0.4 is 16.6 Å². The molecule has 1 N–H and O–H groups in total. The average molecular weight is 478 g/mol. The van der Waals surface area contributed by atoms with Gasteiger partial charge in [-0.15, -0.1) is 11.3 Å². The van der Waals surface area contributed by atoms with Gasteiger partial charge in [-0.3, -0.25) is 14.2 Å². The van der Waals surface area contributed by atoms with E-state index in [1.165, 1.54) is 15.9 Å². The zero-order chi connectivity index (χ0) is 24.4. The Balaban J connectivity index is 1.69. The molecule has 8 nitrogen and oxygen atoms in total. The fourth-order valence-corrected chi connectivity index (χ4v) is 4.49. The van der Waals surface area contributed by atoms with Gasteiger partial charge in [0.05, 0.1) is 23.4 Å². The lowest BCUT2D eigenvalue weighted by molar-refractivity contribution is -0.116. The summed E-state index contributed by atoms with van der Waals surface area (Å²) in [5, 5.41) is 4.46. The van der Waals surface area contributed by atoms with Gasteiger partial charge in [-0.25, -0.2) is 14.2 Å². The van der Waals surface area contributed by atoms with Gasteiger partial charge < -0.3 is 10.1 Å². The maximum atomic E-state index is 13.4. The van der Waals surface area contributed by atoms with Gasteiger partial charge in [-0.2, -0.15) is 0 Å². The highest BCUT2D eigenvalue weighted by Gasteiger charge is 2.19. The summed E-state index contributed by atoms with van der Waals surface area (Å²) < 4.78 is 7.78. The number of carbonyl (C=O) groups is 2. The number of carbonyl (C=O) groups excluding carboxylic acids is 2. The van der Waals surface area contributed by atoms with Gasteiger partial charge in [0.2, 0.25) is 5.91 Å². The Hall–Kier alpha value is -3.98. The minimum absolute atomic E-state index is 0.271. The molecule has 174 valence electrons. The summed E-state index contributed by atoms with van der Waals surface area (Å²) in [4.78, 5) is 51.2. The lowest BCUT2D eigenvalue weighted by atomic mass is 10.1. The van der Waals surface area contributed by atoms with Gasteiger partial charge in [-0.05, 0) is 73.7 Å². The third-order valence-corrected chi connectivity index (χ3v) is 6.23. The minimum Gasteiger partial charge on any atom is -0.462 e. The molecule has 0 radical (unpaired) electrons. The van der Waals surface area contributed by atoms with Gasteiger partial charge in [0, 0.05) is 5.69 Å². The number of rotatable bonds is 6. The number of fused-ring (bicyclic) bond motifs is 1. The van der Waals surface area contributed by atoms with Crippen LogP contribution in [0.15, 0.2) is 63.5 Å². The number of nitrogens with one attached hydrogen (secondary N) is 1. The minimum atomic E-state index is -0.586. The van der Waals surface area contributed by atoms with Crippen molar-refractivity contribution in [3.8, 4) is 5.69 Å². The average Bonchev–Trinajstić information content (AvgIpc) is 3.30. The monoisotopic (exact) mass is 477 g/mol. The Morgan fingerprint density at radius 2 is 1.76 bits per heavy atom. The first-order valence-corrected chi connectivity index (χ1v) is 11.6. The topological polar surface area (TPSA) is 99.4 Å². The molecule has 0 spiro atoms. The summed E-state index contributed by atoms with van der Waals surface area (Å²) in [6, 6.07) is 13.5. The predicted octanol–water partition coefficient (Wildman–Crippen LogP) is 3.65. The number of hydrogen-bond acceptors (Lipinski definition) is 6. The van der Waals surface area contributed by atoms with Gasteiger partial charge in [0.25, 0.3) is 5.56 Å². The summed E-state index contributed by atoms with van der Waals surface area (Å²) >= 11 is 1.23. The predicted molar refractivity (Wildman–Crippen MR) is 132 cm³/mol. The summed E-state index contributed by atoms with van der Waals surface area (Å²) in [5.74, 6) is -0.884. The maximum Gasteiger partial charge on any atom is 0.338 e. The molecule has 0 aliphatic carbocycles. The quantitative estimate of drug-likeness (QED) is 0.428. The van der Waals surface area contributed by atoms with E-state index in [-0.39, 0.29) is 13.2 Å². The van der Waals surface area contributed by atoms with Crippen LogP contribution in [0.5, 0.6) is 0 Å². The van der Waals surface area contributed by atoms with Crippen molar-refractivity contribution < 1.29 is 14.3 Å². The van der Waals surface area contributed by atoms with E-state index in [1.54, 1.807) is 48.7 Å². The molecule has 0 aliphatic rings. The van der Waals surface area contributed by atoms with E-state index in [9.17, 15) is 19.2 Å². The van der Waals surface area contributed by atoms with Crippen LogP contribution in [0, 0.1) is 13.8 Å². The van der Waals surface area contributed by atoms with E-state index >= 15 is 0 Å². The number of hydrogen-bond donors (Lipinski definition) is 1. The van der Waals surface area contributed by atoms with Gasteiger partial charge in [0.15, 0.2) is 0 Å². The third kappa shape index (κ3) is 4.42. The second kappa shape index (κ2) is 9.48. The van der Waals surface area contributed by atoms with Gasteiger partial charge >= 0.3 is 11.7 Å². The molecular formula is C25H23N3O5S. The molecule has 4 aromatic rings. The highest BCUT2D eigenvalue weighted by Crippen LogP contribution is 2.19. The van der Waals surface area contributed by atoms with E-state index in [2.05, 4.69) is 5.32 Å². The zero-order valence-electron chi connectivity index (χ0n) is 19.0. The Morgan fingerprint density at radius 1 is 1.03 bits per heavy atom. The van der Waals surface area contributed by atoms with E-state index < -0.39 is 23.1 Å². The van der Waals surface area contributed by atoms with Crippen molar-refractivity contribution in [2.75, 3.05) is 11.9 Å². The van der Waals surface area contributed by atoms with Gasteiger partial charge in [-0.1, -0.05) is 12.1 Å². The van der Waals surface area contributed by atoms with Crippen molar-refractivity contribution in [3.05, 3.63) is 91.4 Å². The number of thiophene rings is 1. The second-order valence-electron chi connectivity index (χ2n) is 7.78. The molecule has 2 aromatic heterocycles. The molecule has 0 unspecified atom stereocenters. The lowest BCUT2D eigenvalue weighted by Crippen LogP contribution is -2.40. The number of nitrogens with zero attached hydrogens (tertiary/aromatic N) is 2. The van der Waals surface area contributed by atoms with Crippen molar-refractivity contribution in [2.24, 2.45) is 0 Å². The standard InChI is InChI=1S/C25H23N3O5S/c1-4-33-24(31)17-7-9-18(10-8-17)26-21(29)14-27-19-11-12-34-22(19)23(30)28(25(27)32)20-13-15(2)5-6-16(20)3/h5-13H,4,14H2,1-3H3,(H,26,29). The van der Waals surface area contributed by atoms with Crippen LogP contribution >= 0.6 is 11.3 Å². The summed E-state index contributed by atoms with van der Waals surface area (Å²) in [6.45, 7) is 5.43. The SMILES string of the molecule is CCOC(=O)c1ccc(NC(=O)Cn2c(=O)n(-c3cc(C)ccc3C)c(=O)c3sccc32)cc1. The van der Waals surface area contributed by atoms with E-state index in [0.717, 1.165) is 15.7 Å². The number of anilines is 1. The maximum absolute atomic E-state index is 13.4. The Labute approximate surface area is 199 Å². The molecule has 9 heteroatoms. The largest absolute Gasteiger partial charge is 0.462 e. The smallest absolute Gasteiger partial charge is 0.338 e. The first-order chi connectivity index (χ1) is 16.3. The summed E-state index contributed by atoms with van der Waals surface area (Å²) in [6.07, 6.45) is 0. The number of amides is 1. The number of ether oxygens (including phenoxy) is 1. The van der Waals surface area contributed by atoms with Gasteiger partial charge in [0.1, 0.15) is 11.2 Å². The second-order valence-corrected chi connectivity index (χ2v) is 8.70. The molecule has 1 amide bonds. The van der Waals surface area contributed by atoms with Crippen LogP contribution in [-0.2, 0) is 16.1 Å². The van der Waals surface area contributed by atoms with Crippen molar-refractivity contribution in [3.63, 3.8) is 0 Å². The molecule has 0 fully saturated rings. The van der Waals surface area contributed by atoms with Crippen molar-refractivity contribution in [2.45, 2.75) is 27.3 Å². The first-order valence-electron chi connectivity index (χ1n) is 10.7. The van der Waals surface area contributed by atoms with Crippen LogP contribution in [0.25, 0.3) is 15.9 Å². The lowest BCUT2D eigenvalue weighted by Gasteiger charge is -2.14. The van der Waals surface area contributed by atoms with Crippen LogP contribution in [0.3, 0.4) is 0 Å². The molecule has 0 saturated heterocycles. The first kappa shape index (κ1) is 23.2. The fraction of sp³-hybridized carbons (Fsp3) is 0.200. The highest BCUT2D eigenvalue weighted by molar-refractivity contribution is 7.17. The van der Waals surface area contributed by atoms with E-state index in [1.807, 2.05) is 26.0 Å².